The molecule has 7 heteroatoms. The number of carbonyl (C=O) groups excluding carboxylic acids is 2. The summed E-state index contributed by atoms with van der Waals surface area (Å²) in [5.74, 6) is 3.68. The van der Waals surface area contributed by atoms with Crippen LogP contribution in [0.25, 0.3) is 0 Å². The molecular weight excluding hydrogens is 512 g/mol. The molecule has 7 nitrogen and oxygen atoms in total. The number of rotatable bonds is 5. The maximum atomic E-state index is 13.3. The molecule has 2 heterocycles. The van der Waals surface area contributed by atoms with Gasteiger partial charge in [-0.1, -0.05) is 32.4 Å². The number of aromatic nitrogens is 2. The van der Waals surface area contributed by atoms with Gasteiger partial charge in [-0.2, -0.15) is 0 Å². The maximum absolute atomic E-state index is 13.3. The smallest absolute Gasteiger partial charge is 0.274 e. The molecule has 1 aromatic rings. The monoisotopic (exact) mass is 562 g/mol. The predicted molar refractivity (Wildman–Crippen MR) is 159 cm³/mol. The van der Waals surface area contributed by atoms with Gasteiger partial charge in [0.05, 0.1) is 12.3 Å². The van der Waals surface area contributed by atoms with Crippen LogP contribution < -0.4 is 0 Å². The van der Waals surface area contributed by atoms with Crippen molar-refractivity contribution in [3.63, 3.8) is 0 Å². The third kappa shape index (κ3) is 5.04. The molecule has 41 heavy (non-hydrogen) atoms. The summed E-state index contributed by atoms with van der Waals surface area (Å²) >= 11 is 0. The van der Waals surface area contributed by atoms with E-state index in [1.165, 1.54) is 38.3 Å². The Kier molecular flexibility index (Phi) is 7.80. The van der Waals surface area contributed by atoms with Crippen LogP contribution in [-0.4, -0.2) is 68.5 Å². The second-order valence-corrected chi connectivity index (χ2v) is 14.7. The Hall–Kier alpha value is -2.28. The van der Waals surface area contributed by atoms with Crippen LogP contribution in [-0.2, 0) is 4.79 Å². The summed E-state index contributed by atoms with van der Waals surface area (Å²) in [5.41, 5.74) is 2.58. The summed E-state index contributed by atoms with van der Waals surface area (Å²) < 4.78 is 0. The van der Waals surface area contributed by atoms with Gasteiger partial charge in [0.1, 0.15) is 5.69 Å². The van der Waals surface area contributed by atoms with Gasteiger partial charge in [0.2, 0.25) is 5.91 Å². The van der Waals surface area contributed by atoms with E-state index in [9.17, 15) is 14.7 Å². The van der Waals surface area contributed by atoms with E-state index < -0.39 is 0 Å². The standard InChI is InChI=1S/C34H50N4O3/c1-22(5-10-31(40)37-17-18-38(23(2)21-37)32(41)30-20-35-15-16-36-30)27-8-9-28-26-7-6-24-19-25(39)11-13-33(24,3)29(26)12-14-34(27,28)4/h6,15-16,20,22-23,25-29,39H,5,7-14,17-19,21H2,1-4H3/t22-,23+,25+,26+,27-,28+,29+,33+,34-/m1/s1. The van der Waals surface area contributed by atoms with E-state index in [1.807, 2.05) is 16.7 Å². The Balaban J connectivity index is 1.04. The molecule has 0 bridgehead atoms. The number of fused-ring (bicyclic) bond motifs is 5. The molecule has 2 amide bonds. The number of hydrogen-bond donors (Lipinski definition) is 1. The van der Waals surface area contributed by atoms with Crippen molar-refractivity contribution in [2.24, 2.45) is 40.4 Å². The minimum Gasteiger partial charge on any atom is -0.393 e. The summed E-state index contributed by atoms with van der Waals surface area (Å²) in [7, 11) is 0. The van der Waals surface area contributed by atoms with E-state index in [0.29, 0.717) is 54.4 Å². The molecule has 1 N–H and O–H groups in total. The Bertz CT molecular complexity index is 1170. The first-order chi connectivity index (χ1) is 19.6. The molecular formula is C34H50N4O3. The summed E-state index contributed by atoms with van der Waals surface area (Å²) in [4.78, 5) is 38.2. The number of nitrogens with zero attached hydrogens (tertiary/aromatic N) is 4. The second kappa shape index (κ2) is 11.1. The highest BCUT2D eigenvalue weighted by molar-refractivity contribution is 5.92. The van der Waals surface area contributed by atoms with Gasteiger partial charge in [-0.25, -0.2) is 4.98 Å². The molecule has 0 spiro atoms. The lowest BCUT2D eigenvalue weighted by atomic mass is 9.47. The molecule has 4 fully saturated rings. The first kappa shape index (κ1) is 28.8. The predicted octanol–water partition coefficient (Wildman–Crippen LogP) is 5.51. The number of allylic oxidation sites excluding steroid dienone is 1. The molecule has 0 aromatic carbocycles. The van der Waals surface area contributed by atoms with Crippen LogP contribution >= 0.6 is 0 Å². The van der Waals surface area contributed by atoms with Crippen LogP contribution in [0.4, 0.5) is 0 Å². The van der Waals surface area contributed by atoms with Crippen LogP contribution in [0.3, 0.4) is 0 Å². The molecule has 1 saturated heterocycles. The number of aliphatic hydroxyl groups is 1. The van der Waals surface area contributed by atoms with Gasteiger partial charge < -0.3 is 14.9 Å². The normalized spacial score (nSPS) is 39.3. The highest BCUT2D eigenvalue weighted by atomic mass is 16.3. The molecule has 3 saturated carbocycles. The summed E-state index contributed by atoms with van der Waals surface area (Å²) in [6.07, 6.45) is 18.0. The number of hydrogen-bond acceptors (Lipinski definition) is 5. The van der Waals surface area contributed by atoms with Gasteiger partial charge in [0.25, 0.3) is 5.91 Å². The van der Waals surface area contributed by atoms with Gasteiger partial charge >= 0.3 is 0 Å². The minimum absolute atomic E-state index is 0.0383. The maximum Gasteiger partial charge on any atom is 0.274 e. The van der Waals surface area contributed by atoms with Crippen LogP contribution in [0.15, 0.2) is 30.2 Å². The van der Waals surface area contributed by atoms with Gasteiger partial charge in [-0.3, -0.25) is 14.6 Å². The zero-order chi connectivity index (χ0) is 28.9. The largest absolute Gasteiger partial charge is 0.393 e. The molecule has 5 aliphatic rings. The lowest BCUT2D eigenvalue weighted by molar-refractivity contribution is -0.134. The van der Waals surface area contributed by atoms with Crippen molar-refractivity contribution in [3.05, 3.63) is 35.9 Å². The molecule has 1 aromatic heterocycles. The van der Waals surface area contributed by atoms with Crippen molar-refractivity contribution < 1.29 is 14.7 Å². The number of amides is 2. The Morgan fingerprint density at radius 1 is 1.10 bits per heavy atom. The Morgan fingerprint density at radius 3 is 2.68 bits per heavy atom. The topological polar surface area (TPSA) is 86.6 Å². The van der Waals surface area contributed by atoms with Crippen LogP contribution in [0.1, 0.15) is 102 Å². The van der Waals surface area contributed by atoms with Crippen molar-refractivity contribution in [2.45, 2.75) is 104 Å². The van der Waals surface area contributed by atoms with E-state index in [1.54, 1.807) is 18.0 Å². The highest BCUT2D eigenvalue weighted by Crippen LogP contribution is 2.67. The third-order valence-electron chi connectivity index (χ3n) is 12.7. The molecule has 1 aliphatic heterocycles. The fourth-order valence-electron chi connectivity index (χ4n) is 10.4. The van der Waals surface area contributed by atoms with E-state index >= 15 is 0 Å². The molecule has 6 rings (SSSR count). The fraction of sp³-hybridized carbons (Fsp3) is 0.765. The SMILES string of the molecule is C[C@H](CCC(=O)N1CCN(C(=O)c2cnccn2)[C@@H](C)C1)[C@H]1CC[C@H]2[C@@H]3CC=C4C[C@@H](O)CC[C@]4(C)[C@H]3CC[C@]12C. The average Bonchev–Trinajstić information content (AvgIpc) is 3.33. The first-order valence-electron chi connectivity index (χ1n) is 16.3. The lowest BCUT2D eigenvalue weighted by Gasteiger charge is -2.58. The third-order valence-corrected chi connectivity index (χ3v) is 12.7. The Labute approximate surface area is 246 Å². The van der Waals surface area contributed by atoms with E-state index in [-0.39, 0.29) is 24.0 Å². The number of aliphatic hydroxyl groups excluding tert-OH is 1. The lowest BCUT2D eigenvalue weighted by Crippen LogP contribution is -2.55. The highest BCUT2D eigenvalue weighted by Gasteiger charge is 2.59. The van der Waals surface area contributed by atoms with Gasteiger partial charge in [0.15, 0.2) is 0 Å². The van der Waals surface area contributed by atoms with Crippen LogP contribution in [0.2, 0.25) is 0 Å². The summed E-state index contributed by atoms with van der Waals surface area (Å²) in [6.45, 7) is 11.2. The molecule has 0 unspecified atom stereocenters. The van der Waals surface area contributed by atoms with Crippen molar-refractivity contribution in [1.82, 2.24) is 19.8 Å². The average molecular weight is 563 g/mol. The van der Waals surface area contributed by atoms with Crippen molar-refractivity contribution in [1.29, 1.82) is 0 Å². The summed E-state index contributed by atoms with van der Waals surface area (Å²) in [6, 6.07) is -0.0383. The molecule has 9 atom stereocenters. The first-order valence-corrected chi connectivity index (χ1v) is 16.3. The quantitative estimate of drug-likeness (QED) is 0.479. The van der Waals surface area contributed by atoms with Gasteiger partial charge in [-0.05, 0) is 105 Å². The molecule has 0 radical (unpaired) electrons. The van der Waals surface area contributed by atoms with Crippen molar-refractivity contribution in [2.75, 3.05) is 19.6 Å². The zero-order valence-electron chi connectivity index (χ0n) is 25.6. The minimum atomic E-state index is -0.141. The molecule has 4 aliphatic carbocycles. The zero-order valence-corrected chi connectivity index (χ0v) is 25.6. The fourth-order valence-corrected chi connectivity index (χ4v) is 10.4. The van der Waals surface area contributed by atoms with E-state index in [0.717, 1.165) is 43.4 Å². The second-order valence-electron chi connectivity index (χ2n) is 14.7. The van der Waals surface area contributed by atoms with Crippen LogP contribution in [0, 0.1) is 40.4 Å². The number of carbonyl (C=O) groups is 2. The van der Waals surface area contributed by atoms with Gasteiger partial charge in [0, 0.05) is 44.5 Å². The van der Waals surface area contributed by atoms with E-state index in [2.05, 4.69) is 36.8 Å². The Morgan fingerprint density at radius 2 is 1.93 bits per heavy atom. The summed E-state index contributed by atoms with van der Waals surface area (Å²) in [5, 5.41) is 10.3. The molecule has 224 valence electrons. The van der Waals surface area contributed by atoms with Crippen molar-refractivity contribution in [3.8, 4) is 0 Å². The van der Waals surface area contributed by atoms with E-state index in [4.69, 9.17) is 0 Å². The van der Waals surface area contributed by atoms with Crippen molar-refractivity contribution >= 4 is 11.8 Å². The van der Waals surface area contributed by atoms with Crippen LogP contribution in [0.5, 0.6) is 0 Å². The van der Waals surface area contributed by atoms with Gasteiger partial charge in [-0.15, -0.1) is 0 Å². The number of piperazine rings is 1.